The van der Waals surface area contributed by atoms with Gasteiger partial charge in [-0.05, 0) is 86.7 Å². The molecule has 0 radical (unpaired) electrons. The zero-order chi connectivity index (χ0) is 21.3. The SMILES string of the molecule is CC(=O)N1C(C)(C)CC(OCC2CO2)CC1(C)C.CC1CCCN(C)C1(C)C. The molecule has 0 bridgehead atoms. The fourth-order valence-corrected chi connectivity index (χ4v) is 5.22. The van der Waals surface area contributed by atoms with Crippen LogP contribution < -0.4 is 0 Å². The van der Waals surface area contributed by atoms with Crippen molar-refractivity contribution in [2.45, 2.75) is 110 Å². The summed E-state index contributed by atoms with van der Waals surface area (Å²) in [6, 6.07) is 0. The number of likely N-dealkylation sites (tertiary alicyclic amines) is 2. The lowest BCUT2D eigenvalue weighted by Crippen LogP contribution is -2.63. The first-order valence-electron chi connectivity index (χ1n) is 11.0. The van der Waals surface area contributed by atoms with Crippen molar-refractivity contribution in [1.82, 2.24) is 9.80 Å². The zero-order valence-electron chi connectivity index (χ0n) is 19.8. The van der Waals surface area contributed by atoms with E-state index in [1.165, 1.54) is 19.4 Å². The molecule has 164 valence electrons. The summed E-state index contributed by atoms with van der Waals surface area (Å²) in [5.74, 6) is 1.00. The van der Waals surface area contributed by atoms with Crippen LogP contribution in [0.2, 0.25) is 0 Å². The Morgan fingerprint density at radius 1 is 1.11 bits per heavy atom. The molecule has 28 heavy (non-hydrogen) atoms. The van der Waals surface area contributed by atoms with Gasteiger partial charge in [-0.2, -0.15) is 0 Å². The van der Waals surface area contributed by atoms with Crippen molar-refractivity contribution in [3.8, 4) is 0 Å². The second-order valence-corrected chi connectivity index (χ2v) is 10.9. The Labute approximate surface area is 173 Å². The smallest absolute Gasteiger partial charge is 0.220 e. The predicted molar refractivity (Wildman–Crippen MR) is 114 cm³/mol. The number of piperidine rings is 2. The molecule has 0 aromatic carbocycles. The molecule has 0 aliphatic carbocycles. The first-order chi connectivity index (χ1) is 12.8. The second-order valence-electron chi connectivity index (χ2n) is 10.9. The van der Waals surface area contributed by atoms with Crippen LogP contribution in [0.1, 0.15) is 81.1 Å². The van der Waals surface area contributed by atoms with Crippen molar-refractivity contribution in [3.05, 3.63) is 0 Å². The van der Waals surface area contributed by atoms with Gasteiger partial charge in [0.15, 0.2) is 0 Å². The molecule has 3 saturated heterocycles. The van der Waals surface area contributed by atoms with Crippen LogP contribution in [0.15, 0.2) is 0 Å². The summed E-state index contributed by atoms with van der Waals surface area (Å²) in [7, 11) is 2.23. The van der Waals surface area contributed by atoms with Gasteiger partial charge in [0.2, 0.25) is 5.91 Å². The molecule has 0 aromatic rings. The molecular weight excluding hydrogens is 352 g/mol. The maximum atomic E-state index is 11.9. The Hall–Kier alpha value is -0.650. The van der Waals surface area contributed by atoms with Gasteiger partial charge in [-0.25, -0.2) is 0 Å². The molecule has 2 unspecified atom stereocenters. The Morgan fingerprint density at radius 3 is 2.04 bits per heavy atom. The van der Waals surface area contributed by atoms with Gasteiger partial charge in [-0.3, -0.25) is 4.79 Å². The van der Waals surface area contributed by atoms with Crippen LogP contribution in [0.5, 0.6) is 0 Å². The van der Waals surface area contributed by atoms with Crippen molar-refractivity contribution in [1.29, 1.82) is 0 Å². The Bertz CT molecular complexity index is 510. The fourth-order valence-electron chi connectivity index (χ4n) is 5.22. The first kappa shape index (κ1) is 23.6. The Balaban J connectivity index is 0.000000237. The van der Waals surface area contributed by atoms with E-state index >= 15 is 0 Å². The third-order valence-electron chi connectivity index (χ3n) is 7.22. The highest BCUT2D eigenvalue weighted by atomic mass is 16.6. The van der Waals surface area contributed by atoms with Gasteiger partial charge >= 0.3 is 0 Å². The van der Waals surface area contributed by atoms with E-state index in [2.05, 4.69) is 60.4 Å². The molecule has 0 N–H and O–H groups in total. The number of hydrogen-bond donors (Lipinski definition) is 0. The molecule has 3 aliphatic heterocycles. The van der Waals surface area contributed by atoms with Gasteiger partial charge in [-0.15, -0.1) is 0 Å². The molecule has 3 rings (SSSR count). The van der Waals surface area contributed by atoms with Crippen LogP contribution in [0.3, 0.4) is 0 Å². The molecular formula is C23H44N2O3. The van der Waals surface area contributed by atoms with Crippen molar-refractivity contribution in [3.63, 3.8) is 0 Å². The largest absolute Gasteiger partial charge is 0.375 e. The number of ether oxygens (including phenoxy) is 2. The lowest BCUT2D eigenvalue weighted by Gasteiger charge is -2.54. The maximum Gasteiger partial charge on any atom is 0.220 e. The number of epoxide rings is 1. The minimum atomic E-state index is -0.150. The van der Waals surface area contributed by atoms with Gasteiger partial charge in [0, 0.05) is 23.5 Å². The Morgan fingerprint density at radius 2 is 1.64 bits per heavy atom. The number of carbonyl (C=O) groups excluding carboxylic acids is 1. The van der Waals surface area contributed by atoms with Crippen LogP contribution >= 0.6 is 0 Å². The number of nitrogens with zero attached hydrogens (tertiary/aromatic N) is 2. The highest BCUT2D eigenvalue weighted by molar-refractivity contribution is 5.75. The highest BCUT2D eigenvalue weighted by Crippen LogP contribution is 2.39. The third-order valence-corrected chi connectivity index (χ3v) is 7.22. The van der Waals surface area contributed by atoms with Crippen LogP contribution in [-0.2, 0) is 14.3 Å². The summed E-state index contributed by atoms with van der Waals surface area (Å²) in [5.41, 5.74) is 0.129. The number of hydrogen-bond acceptors (Lipinski definition) is 4. The van der Waals surface area contributed by atoms with Crippen molar-refractivity contribution in [2.24, 2.45) is 5.92 Å². The highest BCUT2D eigenvalue weighted by Gasteiger charge is 2.47. The average Bonchev–Trinajstić information content (AvgIpc) is 3.33. The van der Waals surface area contributed by atoms with Crippen molar-refractivity contribution >= 4 is 5.91 Å². The quantitative estimate of drug-likeness (QED) is 0.674. The van der Waals surface area contributed by atoms with E-state index in [-0.39, 0.29) is 23.1 Å². The monoisotopic (exact) mass is 396 g/mol. The standard InChI is InChI=1S/C14H25NO3.C9H19N/c1-10(16)15-13(2,3)6-11(7-14(15,4)5)17-8-12-9-18-12;1-8-6-5-7-10(4)9(8,2)3/h11-12H,6-9H2,1-5H3;8H,5-7H2,1-4H3. The summed E-state index contributed by atoms with van der Waals surface area (Å²) in [6.45, 7) is 20.0. The first-order valence-corrected chi connectivity index (χ1v) is 11.0. The lowest BCUT2D eigenvalue weighted by atomic mass is 9.78. The molecule has 5 nitrogen and oxygen atoms in total. The van der Waals surface area contributed by atoms with Crippen LogP contribution in [0.25, 0.3) is 0 Å². The van der Waals surface area contributed by atoms with Crippen LogP contribution in [0.4, 0.5) is 0 Å². The van der Waals surface area contributed by atoms with Gasteiger partial charge < -0.3 is 19.3 Å². The van der Waals surface area contributed by atoms with E-state index in [1.807, 2.05) is 4.90 Å². The molecule has 0 spiro atoms. The van der Waals surface area contributed by atoms with E-state index in [0.717, 1.165) is 25.4 Å². The summed E-state index contributed by atoms with van der Waals surface area (Å²) < 4.78 is 11.1. The van der Waals surface area contributed by atoms with E-state index < -0.39 is 0 Å². The second kappa shape index (κ2) is 8.61. The summed E-state index contributed by atoms with van der Waals surface area (Å²) in [5, 5.41) is 0. The van der Waals surface area contributed by atoms with E-state index in [0.29, 0.717) is 18.2 Å². The fraction of sp³-hybridized carbons (Fsp3) is 0.957. The van der Waals surface area contributed by atoms with Gasteiger partial charge in [0.25, 0.3) is 0 Å². The molecule has 3 aliphatic rings. The normalized spacial score (nSPS) is 31.7. The summed E-state index contributed by atoms with van der Waals surface area (Å²) >= 11 is 0. The number of carbonyl (C=O) groups is 1. The number of amides is 1. The van der Waals surface area contributed by atoms with E-state index in [1.54, 1.807) is 6.92 Å². The maximum absolute atomic E-state index is 11.9. The molecule has 5 heteroatoms. The molecule has 0 saturated carbocycles. The van der Waals surface area contributed by atoms with Gasteiger partial charge in [-0.1, -0.05) is 6.92 Å². The minimum absolute atomic E-state index is 0.147. The topological polar surface area (TPSA) is 45.3 Å². The third kappa shape index (κ3) is 5.70. The summed E-state index contributed by atoms with van der Waals surface area (Å²) in [4.78, 5) is 16.4. The zero-order valence-corrected chi connectivity index (χ0v) is 19.8. The van der Waals surface area contributed by atoms with Crippen molar-refractivity contribution in [2.75, 3.05) is 26.8 Å². The lowest BCUT2D eigenvalue weighted by molar-refractivity contribution is -0.156. The predicted octanol–water partition coefficient (Wildman–Crippen LogP) is 4.10. The van der Waals surface area contributed by atoms with Gasteiger partial charge in [0.05, 0.1) is 19.3 Å². The molecule has 0 aromatic heterocycles. The van der Waals surface area contributed by atoms with Crippen molar-refractivity contribution < 1.29 is 14.3 Å². The molecule has 1 amide bonds. The average molecular weight is 397 g/mol. The van der Waals surface area contributed by atoms with Crippen LogP contribution in [0, 0.1) is 5.92 Å². The van der Waals surface area contributed by atoms with E-state index in [4.69, 9.17) is 9.47 Å². The van der Waals surface area contributed by atoms with Gasteiger partial charge in [0.1, 0.15) is 6.10 Å². The van der Waals surface area contributed by atoms with E-state index in [9.17, 15) is 4.79 Å². The molecule has 3 fully saturated rings. The molecule has 3 heterocycles. The number of rotatable bonds is 3. The minimum Gasteiger partial charge on any atom is -0.375 e. The summed E-state index contributed by atoms with van der Waals surface area (Å²) in [6.07, 6.45) is 5.08. The Kier molecular flexibility index (Phi) is 7.26. The van der Waals surface area contributed by atoms with Crippen LogP contribution in [-0.4, -0.2) is 71.3 Å². The molecule has 2 atom stereocenters.